The number of nitrogens with zero attached hydrogens (tertiary/aromatic N) is 3. The molecule has 1 amide bonds. The summed E-state index contributed by atoms with van der Waals surface area (Å²) in [6, 6.07) is 2.23. The first-order chi connectivity index (χ1) is 11.9. The van der Waals surface area contributed by atoms with Crippen molar-refractivity contribution in [1.82, 2.24) is 25.2 Å². The van der Waals surface area contributed by atoms with Crippen LogP contribution in [0.5, 0.6) is 0 Å². The van der Waals surface area contributed by atoms with Crippen molar-refractivity contribution in [2.24, 2.45) is 5.92 Å². The fourth-order valence-corrected chi connectivity index (χ4v) is 3.00. The number of aromatic nitrogens is 3. The molecular weight excluding hydrogens is 406 g/mol. The van der Waals surface area contributed by atoms with Gasteiger partial charge in [-0.3, -0.25) is 9.20 Å². The molecule has 0 aliphatic carbocycles. The zero-order chi connectivity index (χ0) is 17.9. The van der Waals surface area contributed by atoms with Gasteiger partial charge >= 0.3 is 6.18 Å². The molecule has 3 heterocycles. The predicted molar refractivity (Wildman–Crippen MR) is 99.2 cm³/mol. The number of hydrogen-bond acceptors (Lipinski definition) is 4. The topological polar surface area (TPSA) is 71.3 Å². The van der Waals surface area contributed by atoms with E-state index in [1.807, 2.05) is 0 Å². The zero-order valence-corrected chi connectivity index (χ0v) is 16.1. The van der Waals surface area contributed by atoms with Crippen LogP contribution in [0.1, 0.15) is 37.1 Å². The fraction of sp³-hybridized carbons (Fsp3) is 0.562. The molecule has 0 bridgehead atoms. The van der Waals surface area contributed by atoms with E-state index in [0.717, 1.165) is 44.6 Å². The predicted octanol–water partition coefficient (Wildman–Crippen LogP) is 2.99. The van der Waals surface area contributed by atoms with Gasteiger partial charge in [-0.2, -0.15) is 13.2 Å². The molecule has 0 saturated carbocycles. The van der Waals surface area contributed by atoms with Crippen LogP contribution >= 0.6 is 24.8 Å². The maximum Gasteiger partial charge on any atom is 0.417 e. The van der Waals surface area contributed by atoms with Gasteiger partial charge in [-0.05, 0) is 50.4 Å². The largest absolute Gasteiger partial charge is 0.417 e. The number of alkyl halides is 3. The Morgan fingerprint density at radius 3 is 2.59 bits per heavy atom. The minimum absolute atomic E-state index is 0. The van der Waals surface area contributed by atoms with Crippen LogP contribution in [0, 0.1) is 5.92 Å². The lowest BCUT2D eigenvalue weighted by molar-refractivity contribution is -0.137. The van der Waals surface area contributed by atoms with Crippen LogP contribution in [0.25, 0.3) is 5.65 Å². The van der Waals surface area contributed by atoms with Crippen LogP contribution in [-0.4, -0.2) is 33.6 Å². The third-order valence-corrected chi connectivity index (χ3v) is 4.48. The first-order valence-electron chi connectivity index (χ1n) is 8.32. The molecule has 1 saturated heterocycles. The molecule has 11 heteroatoms. The number of hydrogen-bond donors (Lipinski definition) is 2. The van der Waals surface area contributed by atoms with Gasteiger partial charge in [-0.25, -0.2) is 0 Å². The molecule has 27 heavy (non-hydrogen) atoms. The van der Waals surface area contributed by atoms with Gasteiger partial charge in [0.2, 0.25) is 5.91 Å². The van der Waals surface area contributed by atoms with Crippen molar-refractivity contribution in [3.63, 3.8) is 0 Å². The van der Waals surface area contributed by atoms with Gasteiger partial charge in [0, 0.05) is 12.6 Å². The lowest BCUT2D eigenvalue weighted by atomic mass is 9.93. The van der Waals surface area contributed by atoms with Crippen molar-refractivity contribution >= 4 is 36.4 Å². The molecule has 2 aromatic heterocycles. The van der Waals surface area contributed by atoms with E-state index in [1.54, 1.807) is 0 Å². The highest BCUT2D eigenvalue weighted by Crippen LogP contribution is 2.29. The summed E-state index contributed by atoms with van der Waals surface area (Å²) in [5, 5.41) is 13.7. The first-order valence-corrected chi connectivity index (χ1v) is 8.32. The monoisotopic (exact) mass is 427 g/mol. The number of halogens is 5. The van der Waals surface area contributed by atoms with E-state index in [0.29, 0.717) is 18.0 Å². The molecule has 2 aromatic rings. The molecule has 0 spiro atoms. The van der Waals surface area contributed by atoms with Crippen LogP contribution in [0.3, 0.4) is 0 Å². The van der Waals surface area contributed by atoms with Crippen molar-refractivity contribution in [1.29, 1.82) is 0 Å². The lowest BCUT2D eigenvalue weighted by Gasteiger charge is -2.22. The Morgan fingerprint density at radius 2 is 1.93 bits per heavy atom. The van der Waals surface area contributed by atoms with Gasteiger partial charge in [0.25, 0.3) is 0 Å². The second kappa shape index (κ2) is 10.1. The highest BCUT2D eigenvalue weighted by molar-refractivity contribution is 5.85. The average molecular weight is 428 g/mol. The number of fused-ring (bicyclic) bond motifs is 1. The molecule has 0 aromatic carbocycles. The normalized spacial score (nSPS) is 15.1. The molecule has 2 N–H and O–H groups in total. The van der Waals surface area contributed by atoms with Gasteiger partial charge in [0.05, 0.1) is 12.1 Å². The maximum atomic E-state index is 12.8. The molecule has 6 nitrogen and oxygen atoms in total. The van der Waals surface area contributed by atoms with Gasteiger partial charge in [0.15, 0.2) is 11.5 Å². The van der Waals surface area contributed by atoms with Gasteiger partial charge in [0.1, 0.15) is 0 Å². The Hall–Kier alpha value is -1.58. The number of amides is 1. The lowest BCUT2D eigenvalue weighted by Crippen LogP contribution is -2.29. The second-order valence-electron chi connectivity index (χ2n) is 6.27. The van der Waals surface area contributed by atoms with Crippen molar-refractivity contribution in [2.75, 3.05) is 13.1 Å². The van der Waals surface area contributed by atoms with Crippen molar-refractivity contribution in [2.45, 2.75) is 38.4 Å². The molecular formula is C16H22Cl2F3N5O. The second-order valence-corrected chi connectivity index (χ2v) is 6.27. The van der Waals surface area contributed by atoms with Crippen LogP contribution in [-0.2, 0) is 17.5 Å². The Morgan fingerprint density at radius 1 is 1.22 bits per heavy atom. The zero-order valence-electron chi connectivity index (χ0n) is 14.5. The first kappa shape index (κ1) is 23.5. The van der Waals surface area contributed by atoms with Gasteiger partial charge in [-0.15, -0.1) is 35.0 Å². The Kier molecular flexibility index (Phi) is 8.77. The van der Waals surface area contributed by atoms with E-state index < -0.39 is 11.7 Å². The minimum Gasteiger partial charge on any atom is -0.349 e. The molecule has 1 aliphatic heterocycles. The van der Waals surface area contributed by atoms with E-state index in [9.17, 15) is 18.0 Å². The van der Waals surface area contributed by atoms with Crippen molar-refractivity contribution in [3.8, 4) is 0 Å². The number of carbonyl (C=O) groups excluding carboxylic acids is 1. The number of nitrogens with one attached hydrogen (secondary N) is 2. The minimum atomic E-state index is -4.44. The molecule has 3 rings (SSSR count). The van der Waals surface area contributed by atoms with Crippen molar-refractivity contribution in [3.05, 3.63) is 29.7 Å². The highest BCUT2D eigenvalue weighted by atomic mass is 35.5. The molecule has 0 atom stereocenters. The number of rotatable bonds is 5. The van der Waals surface area contributed by atoms with Gasteiger partial charge < -0.3 is 10.6 Å². The number of pyridine rings is 1. The fourth-order valence-electron chi connectivity index (χ4n) is 3.00. The number of piperidine rings is 1. The van der Waals surface area contributed by atoms with Crippen LogP contribution in [0.4, 0.5) is 13.2 Å². The average Bonchev–Trinajstić information content (AvgIpc) is 3.00. The van der Waals surface area contributed by atoms with Gasteiger partial charge in [-0.1, -0.05) is 0 Å². The Labute approximate surface area is 167 Å². The maximum absolute atomic E-state index is 12.8. The summed E-state index contributed by atoms with van der Waals surface area (Å²) in [7, 11) is 0. The van der Waals surface area contributed by atoms with E-state index in [2.05, 4.69) is 20.8 Å². The Bertz CT molecular complexity index is 747. The molecule has 0 unspecified atom stereocenters. The molecule has 0 radical (unpaired) electrons. The molecule has 1 aliphatic rings. The standard InChI is InChI=1S/C16H20F3N5O.2ClH/c17-16(18,19)12-2-3-13-22-23-14(24(13)10-12)9-21-15(25)4-1-11-5-7-20-8-6-11;;/h2-3,10-11,20H,1,4-9H2,(H,21,25);2*1H. The smallest absolute Gasteiger partial charge is 0.349 e. The molecule has 152 valence electrons. The van der Waals surface area contributed by atoms with E-state index in [4.69, 9.17) is 0 Å². The van der Waals surface area contributed by atoms with Crippen LogP contribution in [0.2, 0.25) is 0 Å². The summed E-state index contributed by atoms with van der Waals surface area (Å²) in [5.74, 6) is 0.703. The third-order valence-electron chi connectivity index (χ3n) is 4.48. The van der Waals surface area contributed by atoms with Crippen LogP contribution < -0.4 is 10.6 Å². The summed E-state index contributed by atoms with van der Waals surface area (Å²) in [4.78, 5) is 12.0. The summed E-state index contributed by atoms with van der Waals surface area (Å²) in [6.07, 6.45) is -0.105. The SMILES string of the molecule is Cl.Cl.O=C(CCC1CCNCC1)NCc1nnc2ccc(C(F)(F)F)cn12. The number of carbonyl (C=O) groups is 1. The molecule has 1 fully saturated rings. The Balaban J connectivity index is 0.00000182. The summed E-state index contributed by atoms with van der Waals surface area (Å²) in [6.45, 7) is 2.02. The van der Waals surface area contributed by atoms with E-state index in [-0.39, 0.29) is 43.1 Å². The summed E-state index contributed by atoms with van der Waals surface area (Å²) in [5.41, 5.74) is -0.467. The summed E-state index contributed by atoms with van der Waals surface area (Å²) < 4.78 is 39.7. The van der Waals surface area contributed by atoms with E-state index >= 15 is 0 Å². The van der Waals surface area contributed by atoms with Crippen molar-refractivity contribution < 1.29 is 18.0 Å². The van der Waals surface area contributed by atoms with E-state index in [1.165, 1.54) is 10.5 Å². The third kappa shape index (κ3) is 6.22. The summed E-state index contributed by atoms with van der Waals surface area (Å²) >= 11 is 0. The quantitative estimate of drug-likeness (QED) is 0.769. The van der Waals surface area contributed by atoms with Crippen LogP contribution in [0.15, 0.2) is 18.3 Å². The highest BCUT2D eigenvalue weighted by Gasteiger charge is 2.31.